The van der Waals surface area contributed by atoms with Crippen molar-refractivity contribution in [2.75, 3.05) is 33.0 Å². The van der Waals surface area contributed by atoms with E-state index >= 15 is 0 Å². The molecule has 6 heterocycles. The van der Waals surface area contributed by atoms with Gasteiger partial charge in [0.1, 0.15) is 140 Å². The minimum Gasteiger partial charge on any atom is -0.394 e. The van der Waals surface area contributed by atoms with Crippen molar-refractivity contribution in [2.24, 2.45) is 0 Å². The summed E-state index contributed by atoms with van der Waals surface area (Å²) in [5.74, 6) is -2.30. The summed E-state index contributed by atoms with van der Waals surface area (Å²) in [4.78, 5) is 37.1. The van der Waals surface area contributed by atoms with E-state index in [0.29, 0.717) is 0 Å². The van der Waals surface area contributed by atoms with E-state index in [2.05, 4.69) is 16.0 Å². The molecule has 33 heteroatoms. The average Bonchev–Trinajstić information content (AvgIpc) is 3.36. The number of amides is 3. The average molecular weight is 1100 g/mol. The number of hydrogen-bond donors (Lipinski definition) is 19. The standard InChI is InChI=1S/C42H71N3O30/c1-10-22(52)28(58)31(61)40(67-10)73-34-15(6-47)70-38(19(26(34)56)43-11(2)49)65-8-17-24(54)30(60)33(63)42(72-17)75-36-21(45-13(4)51)37(64)68-18(25(36)55)9-66-39-20(44-12(3)50)27(57)35(16(7-48)71-39)74-41-32(62)29(59)23(53)14(5-46)69-41/h10,14-42,46-48,52-64H,5-9H2,1-4H3,(H,43,49)(H,44,50)(H,45,51)/t10-,14+,15+,16+,17+,18+,19+,20+,21+,22+,23-,24-,25-,26+,27+,28+,29-,30-,31-,32+,33+,34+,35+,36+,37?,38+,39+,40-,41-,42-/m0/s1. The number of carbonyl (C=O) groups excluding carboxylic acids is 3. The molecule has 33 nitrogen and oxygen atoms in total. The van der Waals surface area contributed by atoms with Crippen LogP contribution in [0.1, 0.15) is 27.7 Å². The van der Waals surface area contributed by atoms with Crippen LogP contribution in [-0.2, 0) is 66.5 Å². The number of nitrogens with one attached hydrogen (secondary N) is 3. The molecule has 3 amide bonds. The number of aliphatic hydroxyl groups is 16. The molecule has 6 fully saturated rings. The molecular weight excluding hydrogens is 1030 g/mol. The van der Waals surface area contributed by atoms with E-state index in [9.17, 15) is 96.1 Å². The Kier molecular flexibility index (Phi) is 21.8. The number of hydrogen-bond acceptors (Lipinski definition) is 30. The molecule has 0 aliphatic carbocycles. The monoisotopic (exact) mass is 1100 g/mol. The fourth-order valence-corrected chi connectivity index (χ4v) is 9.47. The third-order valence-corrected chi connectivity index (χ3v) is 13.6. The molecule has 6 aliphatic heterocycles. The second-order valence-corrected chi connectivity index (χ2v) is 19.0. The van der Waals surface area contributed by atoms with Crippen LogP contribution >= 0.6 is 0 Å². The van der Waals surface area contributed by atoms with Crippen LogP contribution in [0.2, 0.25) is 0 Å². The van der Waals surface area contributed by atoms with Crippen LogP contribution in [0.4, 0.5) is 0 Å². The summed E-state index contributed by atoms with van der Waals surface area (Å²) in [6.07, 6.45) is -47.9. The molecule has 6 aliphatic rings. The van der Waals surface area contributed by atoms with Crippen LogP contribution in [0.15, 0.2) is 0 Å². The Hall–Kier alpha value is -2.67. The molecule has 6 saturated heterocycles. The molecule has 0 aromatic heterocycles. The van der Waals surface area contributed by atoms with Crippen LogP contribution in [0.25, 0.3) is 0 Å². The summed E-state index contributed by atoms with van der Waals surface area (Å²) in [7, 11) is 0. The molecule has 434 valence electrons. The molecule has 0 aromatic carbocycles. The summed E-state index contributed by atoms with van der Waals surface area (Å²) in [5, 5.41) is 178. The largest absolute Gasteiger partial charge is 0.394 e. The van der Waals surface area contributed by atoms with Crippen LogP contribution in [0.5, 0.6) is 0 Å². The Balaban J connectivity index is 1.15. The highest BCUT2D eigenvalue weighted by Gasteiger charge is 2.56. The molecule has 6 rings (SSSR count). The van der Waals surface area contributed by atoms with Gasteiger partial charge in [-0.1, -0.05) is 0 Å². The normalized spacial score (nSPS) is 48.6. The lowest BCUT2D eigenvalue weighted by molar-refractivity contribution is -0.361. The van der Waals surface area contributed by atoms with Crippen LogP contribution in [0, 0.1) is 0 Å². The van der Waals surface area contributed by atoms with E-state index in [1.807, 2.05) is 0 Å². The predicted molar refractivity (Wildman–Crippen MR) is 233 cm³/mol. The van der Waals surface area contributed by atoms with Gasteiger partial charge in [-0.05, 0) is 6.92 Å². The maximum absolute atomic E-state index is 12.4. The minimum absolute atomic E-state index is 0.742. The first-order valence-electron chi connectivity index (χ1n) is 23.9. The van der Waals surface area contributed by atoms with E-state index in [1.165, 1.54) is 6.92 Å². The molecular formula is C42H71N3O30. The highest BCUT2D eigenvalue weighted by atomic mass is 16.8. The van der Waals surface area contributed by atoms with Crippen molar-refractivity contribution in [1.82, 2.24) is 16.0 Å². The van der Waals surface area contributed by atoms with Crippen molar-refractivity contribution in [3.8, 4) is 0 Å². The number of aliphatic hydroxyl groups excluding tert-OH is 16. The quantitative estimate of drug-likeness (QED) is 0.0606. The lowest BCUT2D eigenvalue weighted by atomic mass is 9.94. The highest BCUT2D eigenvalue weighted by Crippen LogP contribution is 2.34. The fraction of sp³-hybridized carbons (Fsp3) is 0.929. The fourth-order valence-electron chi connectivity index (χ4n) is 9.47. The molecule has 1 unspecified atom stereocenters. The SMILES string of the molecule is CC(=O)N[C@H]1[C@H](OC[C@H]2O[C@@H](O[C@H]3[C@@H](O)[C@@H](CO[C@@H]4O[C@H](CO)[C@@H](O[C@@H]5O[C@H](CO)[C@H](O)[C@H](O)[C@H]5O)[C@H](O)[C@H]4NC(C)=O)OC(O)[C@@H]3NC(C)=O)[C@H](O)[C@@H](O)[C@H]2O)O[C@H](CO)[C@@H](O[C@@H]2O[C@@H](C)[C@@H](O)[C@@H](O)[C@@H]2O)[C@@H]1O. The van der Waals surface area contributed by atoms with Gasteiger partial charge in [-0.3, -0.25) is 14.4 Å². The Bertz CT molecular complexity index is 1850. The van der Waals surface area contributed by atoms with Crippen molar-refractivity contribution in [3.05, 3.63) is 0 Å². The molecule has 0 aromatic rings. The maximum atomic E-state index is 12.4. The van der Waals surface area contributed by atoms with Gasteiger partial charge in [-0.2, -0.15) is 0 Å². The lowest BCUT2D eigenvalue weighted by Gasteiger charge is -2.48. The Morgan fingerprint density at radius 2 is 0.720 bits per heavy atom. The third kappa shape index (κ3) is 13.9. The first-order chi connectivity index (χ1) is 35.3. The van der Waals surface area contributed by atoms with Gasteiger partial charge in [0.2, 0.25) is 17.7 Å². The van der Waals surface area contributed by atoms with Crippen LogP contribution < -0.4 is 16.0 Å². The smallest absolute Gasteiger partial charge is 0.217 e. The maximum Gasteiger partial charge on any atom is 0.217 e. The molecule has 0 saturated carbocycles. The third-order valence-electron chi connectivity index (χ3n) is 13.6. The van der Waals surface area contributed by atoms with E-state index in [4.69, 9.17) is 52.1 Å². The zero-order chi connectivity index (χ0) is 55.5. The topological polar surface area (TPSA) is 513 Å². The summed E-state index contributed by atoms with van der Waals surface area (Å²) in [5.41, 5.74) is 0. The van der Waals surface area contributed by atoms with E-state index < -0.39 is 235 Å². The molecule has 0 radical (unpaired) electrons. The molecule has 19 N–H and O–H groups in total. The molecule has 75 heavy (non-hydrogen) atoms. The molecule has 30 atom stereocenters. The van der Waals surface area contributed by atoms with Gasteiger partial charge in [0.25, 0.3) is 0 Å². The van der Waals surface area contributed by atoms with Crippen LogP contribution in [-0.4, -0.2) is 317 Å². The van der Waals surface area contributed by atoms with Crippen molar-refractivity contribution in [2.45, 2.75) is 212 Å². The summed E-state index contributed by atoms with van der Waals surface area (Å²) < 4.78 is 62.9. The Morgan fingerprint density at radius 3 is 1.15 bits per heavy atom. The second-order valence-electron chi connectivity index (χ2n) is 19.0. The Labute approximate surface area is 426 Å². The molecule has 0 spiro atoms. The number of carbonyl (C=O) groups is 3. The van der Waals surface area contributed by atoms with Gasteiger partial charge in [0.05, 0.1) is 39.1 Å². The van der Waals surface area contributed by atoms with Crippen molar-refractivity contribution in [1.29, 1.82) is 0 Å². The zero-order valence-corrected chi connectivity index (χ0v) is 40.7. The predicted octanol–water partition coefficient (Wildman–Crippen LogP) is -12.6. The highest BCUT2D eigenvalue weighted by molar-refractivity contribution is 5.74. The first-order valence-corrected chi connectivity index (χ1v) is 23.9. The van der Waals surface area contributed by atoms with Gasteiger partial charge in [-0.25, -0.2) is 0 Å². The number of rotatable bonds is 18. The van der Waals surface area contributed by atoms with Gasteiger partial charge >= 0.3 is 0 Å². The van der Waals surface area contributed by atoms with Crippen LogP contribution in [0.3, 0.4) is 0 Å². The van der Waals surface area contributed by atoms with Gasteiger partial charge in [-0.15, -0.1) is 0 Å². The lowest BCUT2D eigenvalue weighted by Crippen LogP contribution is -2.69. The van der Waals surface area contributed by atoms with E-state index in [0.717, 1.165) is 20.8 Å². The molecule has 0 bridgehead atoms. The summed E-state index contributed by atoms with van der Waals surface area (Å²) >= 11 is 0. The second kappa shape index (κ2) is 26.5. The van der Waals surface area contributed by atoms with E-state index in [-0.39, 0.29) is 0 Å². The summed E-state index contributed by atoms with van der Waals surface area (Å²) in [6.45, 7) is 0.238. The number of ether oxygens (including phenoxy) is 11. The minimum atomic E-state index is -2.14. The van der Waals surface area contributed by atoms with Gasteiger partial charge in [0, 0.05) is 20.8 Å². The Morgan fingerprint density at radius 1 is 0.373 bits per heavy atom. The van der Waals surface area contributed by atoms with E-state index in [1.54, 1.807) is 0 Å². The van der Waals surface area contributed by atoms with Crippen molar-refractivity contribution < 1.29 is 148 Å². The van der Waals surface area contributed by atoms with Gasteiger partial charge in [0.15, 0.2) is 37.7 Å². The first kappa shape index (κ1) is 61.5. The zero-order valence-electron chi connectivity index (χ0n) is 40.7. The summed E-state index contributed by atoms with van der Waals surface area (Å²) in [6, 6.07) is -4.83. The van der Waals surface area contributed by atoms with Crippen molar-refractivity contribution in [3.63, 3.8) is 0 Å². The van der Waals surface area contributed by atoms with Gasteiger partial charge < -0.3 is 150 Å². The van der Waals surface area contributed by atoms with Crippen molar-refractivity contribution >= 4 is 17.7 Å².